The lowest BCUT2D eigenvalue weighted by Crippen LogP contribution is -2.46. The number of aryl methyl sites for hydroxylation is 1. The van der Waals surface area contributed by atoms with Crippen LogP contribution in [0.25, 0.3) is 0 Å². The molecule has 0 spiro atoms. The Morgan fingerprint density at radius 1 is 1.37 bits per heavy atom. The lowest BCUT2D eigenvalue weighted by atomic mass is 9.79. The minimum absolute atomic E-state index is 0.390. The van der Waals surface area contributed by atoms with Gasteiger partial charge in [-0.15, -0.1) is 0 Å². The van der Waals surface area contributed by atoms with E-state index < -0.39 is 0 Å². The molecule has 1 N–H and O–H groups in total. The van der Waals surface area contributed by atoms with Crippen molar-refractivity contribution in [1.82, 2.24) is 20.0 Å². The van der Waals surface area contributed by atoms with E-state index in [-0.39, 0.29) is 0 Å². The quantitative estimate of drug-likeness (QED) is 0.855. The Morgan fingerprint density at radius 3 is 2.68 bits per heavy atom. The van der Waals surface area contributed by atoms with Gasteiger partial charge in [-0.3, -0.25) is 4.68 Å². The Morgan fingerprint density at radius 2 is 2.11 bits per heavy atom. The van der Waals surface area contributed by atoms with Crippen LogP contribution >= 0.6 is 0 Å². The van der Waals surface area contributed by atoms with Gasteiger partial charge in [0.25, 0.3) is 0 Å². The van der Waals surface area contributed by atoms with E-state index in [2.05, 4.69) is 35.6 Å². The molecule has 0 bridgehead atoms. The molecule has 4 nitrogen and oxygen atoms in total. The molecule has 0 atom stereocenters. The number of aromatic nitrogens is 2. The topological polar surface area (TPSA) is 33.1 Å². The molecule has 1 aromatic heterocycles. The molecule has 1 aliphatic carbocycles. The van der Waals surface area contributed by atoms with Crippen LogP contribution in [0.5, 0.6) is 0 Å². The van der Waals surface area contributed by atoms with Gasteiger partial charge in [0, 0.05) is 30.9 Å². The third kappa shape index (κ3) is 4.05. The minimum atomic E-state index is 0.390. The Balaban J connectivity index is 1.80. The summed E-state index contributed by atoms with van der Waals surface area (Å²) in [5.74, 6) is 0. The molecule has 0 aromatic carbocycles. The predicted molar refractivity (Wildman–Crippen MR) is 79.0 cm³/mol. The summed E-state index contributed by atoms with van der Waals surface area (Å²) in [6.45, 7) is 2.14. The lowest BCUT2D eigenvalue weighted by molar-refractivity contribution is 0.194. The summed E-state index contributed by atoms with van der Waals surface area (Å²) in [7, 11) is 6.31. The second-order valence-electron chi connectivity index (χ2n) is 6.10. The van der Waals surface area contributed by atoms with Crippen molar-refractivity contribution in [3.05, 3.63) is 18.0 Å². The molecular formula is C15H28N4. The standard InChI is InChI=1S/C15H28N4/c1-16-15(7-5-4-6-8-15)9-10-18(2)12-14-11-17-19(3)13-14/h11,13,16H,4-10,12H2,1-3H3. The monoisotopic (exact) mass is 264 g/mol. The van der Waals surface area contributed by atoms with Crippen molar-refractivity contribution in [3.63, 3.8) is 0 Å². The van der Waals surface area contributed by atoms with Crippen LogP contribution in [0.15, 0.2) is 12.4 Å². The highest BCUT2D eigenvalue weighted by atomic mass is 15.2. The number of hydrogen-bond donors (Lipinski definition) is 1. The average molecular weight is 264 g/mol. The second kappa shape index (κ2) is 6.53. The fraction of sp³-hybridized carbons (Fsp3) is 0.800. The fourth-order valence-corrected chi connectivity index (χ4v) is 3.20. The zero-order valence-electron chi connectivity index (χ0n) is 12.7. The van der Waals surface area contributed by atoms with E-state index in [1.807, 2.05) is 17.9 Å². The average Bonchev–Trinajstić information content (AvgIpc) is 2.83. The zero-order chi connectivity index (χ0) is 13.7. The molecule has 1 saturated carbocycles. The molecule has 0 unspecified atom stereocenters. The number of nitrogens with zero attached hydrogens (tertiary/aromatic N) is 3. The number of rotatable bonds is 6. The van der Waals surface area contributed by atoms with Crippen LogP contribution in [0, 0.1) is 0 Å². The van der Waals surface area contributed by atoms with Crippen LogP contribution in [0.1, 0.15) is 44.1 Å². The first-order valence-corrected chi connectivity index (χ1v) is 7.48. The van der Waals surface area contributed by atoms with Crippen LogP contribution < -0.4 is 5.32 Å². The van der Waals surface area contributed by atoms with Crippen LogP contribution in [0.4, 0.5) is 0 Å². The van der Waals surface area contributed by atoms with Crippen molar-refractivity contribution in [3.8, 4) is 0 Å². The van der Waals surface area contributed by atoms with Gasteiger partial charge in [-0.2, -0.15) is 5.10 Å². The highest BCUT2D eigenvalue weighted by Gasteiger charge is 2.29. The molecular weight excluding hydrogens is 236 g/mol. The third-order valence-corrected chi connectivity index (χ3v) is 4.52. The highest BCUT2D eigenvalue weighted by Crippen LogP contribution is 2.30. The number of hydrogen-bond acceptors (Lipinski definition) is 3. The van der Waals surface area contributed by atoms with Gasteiger partial charge in [-0.25, -0.2) is 0 Å². The van der Waals surface area contributed by atoms with Gasteiger partial charge in [0.15, 0.2) is 0 Å². The summed E-state index contributed by atoms with van der Waals surface area (Å²) < 4.78 is 1.87. The fourth-order valence-electron chi connectivity index (χ4n) is 3.20. The first-order chi connectivity index (χ1) is 9.13. The first kappa shape index (κ1) is 14.5. The van der Waals surface area contributed by atoms with Gasteiger partial charge < -0.3 is 10.2 Å². The molecule has 19 heavy (non-hydrogen) atoms. The van der Waals surface area contributed by atoms with Gasteiger partial charge in [-0.1, -0.05) is 19.3 Å². The van der Waals surface area contributed by atoms with E-state index in [1.165, 1.54) is 44.1 Å². The molecule has 108 valence electrons. The molecule has 0 aliphatic heterocycles. The van der Waals surface area contributed by atoms with Crippen LogP contribution in [0.2, 0.25) is 0 Å². The zero-order valence-corrected chi connectivity index (χ0v) is 12.7. The van der Waals surface area contributed by atoms with Gasteiger partial charge in [0.2, 0.25) is 0 Å². The molecule has 1 heterocycles. The maximum absolute atomic E-state index is 4.23. The second-order valence-corrected chi connectivity index (χ2v) is 6.10. The summed E-state index contributed by atoms with van der Waals surface area (Å²) in [5, 5.41) is 7.82. The molecule has 1 aliphatic rings. The maximum atomic E-state index is 4.23. The molecule has 0 saturated heterocycles. The van der Waals surface area contributed by atoms with Crippen LogP contribution in [-0.2, 0) is 13.6 Å². The van der Waals surface area contributed by atoms with Gasteiger partial charge >= 0.3 is 0 Å². The molecule has 2 rings (SSSR count). The van der Waals surface area contributed by atoms with Gasteiger partial charge in [-0.05, 0) is 39.9 Å². The molecule has 1 aromatic rings. The summed E-state index contributed by atoms with van der Waals surface area (Å²) in [6.07, 6.45) is 12.2. The van der Waals surface area contributed by atoms with Crippen molar-refractivity contribution in [2.75, 3.05) is 20.6 Å². The minimum Gasteiger partial charge on any atom is -0.314 e. The summed E-state index contributed by atoms with van der Waals surface area (Å²) in [4.78, 5) is 2.41. The lowest BCUT2D eigenvalue weighted by Gasteiger charge is -2.38. The highest BCUT2D eigenvalue weighted by molar-refractivity contribution is 5.03. The first-order valence-electron chi connectivity index (χ1n) is 7.48. The maximum Gasteiger partial charge on any atom is 0.0534 e. The van der Waals surface area contributed by atoms with Crippen molar-refractivity contribution in [2.24, 2.45) is 7.05 Å². The van der Waals surface area contributed by atoms with E-state index in [1.54, 1.807) is 0 Å². The predicted octanol–water partition coefficient (Wildman–Crippen LogP) is 2.16. The molecule has 1 fully saturated rings. The van der Waals surface area contributed by atoms with Crippen LogP contribution in [0.3, 0.4) is 0 Å². The Bertz CT molecular complexity index is 379. The Hall–Kier alpha value is -0.870. The van der Waals surface area contributed by atoms with E-state index in [9.17, 15) is 0 Å². The van der Waals surface area contributed by atoms with Crippen LogP contribution in [-0.4, -0.2) is 40.9 Å². The van der Waals surface area contributed by atoms with Crippen molar-refractivity contribution in [1.29, 1.82) is 0 Å². The largest absolute Gasteiger partial charge is 0.314 e. The van der Waals surface area contributed by atoms with Crippen molar-refractivity contribution < 1.29 is 0 Å². The smallest absolute Gasteiger partial charge is 0.0534 e. The third-order valence-electron chi connectivity index (χ3n) is 4.52. The summed E-state index contributed by atoms with van der Waals surface area (Å²) in [5.41, 5.74) is 1.69. The Kier molecular flexibility index (Phi) is 4.99. The Labute approximate surface area is 117 Å². The summed E-state index contributed by atoms with van der Waals surface area (Å²) in [6, 6.07) is 0. The van der Waals surface area contributed by atoms with E-state index in [0.29, 0.717) is 5.54 Å². The van der Waals surface area contributed by atoms with Gasteiger partial charge in [0.05, 0.1) is 6.20 Å². The van der Waals surface area contributed by atoms with E-state index in [4.69, 9.17) is 0 Å². The molecule has 0 radical (unpaired) electrons. The normalized spacial score (nSPS) is 18.9. The van der Waals surface area contributed by atoms with E-state index >= 15 is 0 Å². The number of nitrogens with one attached hydrogen (secondary N) is 1. The van der Waals surface area contributed by atoms with E-state index in [0.717, 1.165) is 13.1 Å². The van der Waals surface area contributed by atoms with Crippen molar-refractivity contribution >= 4 is 0 Å². The molecule has 0 amide bonds. The van der Waals surface area contributed by atoms with Gasteiger partial charge in [0.1, 0.15) is 0 Å². The molecule has 4 heteroatoms. The summed E-state index contributed by atoms with van der Waals surface area (Å²) >= 11 is 0. The SMILES string of the molecule is CNC1(CCN(C)Cc2cnn(C)c2)CCCCC1. The van der Waals surface area contributed by atoms with Crippen molar-refractivity contribution in [2.45, 2.75) is 50.6 Å².